The first-order valence-corrected chi connectivity index (χ1v) is 13.7. The van der Waals surface area contributed by atoms with Gasteiger partial charge < -0.3 is 5.73 Å². The van der Waals surface area contributed by atoms with E-state index < -0.39 is 11.8 Å². The lowest BCUT2D eigenvalue weighted by molar-refractivity contribution is -0.137. The molecule has 0 aromatic heterocycles. The molecule has 0 aromatic carbocycles. The van der Waals surface area contributed by atoms with Crippen LogP contribution >= 0.6 is 0 Å². The maximum atomic E-state index is 11.6. The Balaban J connectivity index is 4.78. The SMILES string of the molecule is CCCCCCCCC(CCCCC)(CCCCCCCC)CCONC(=O)CC(N)=O. The summed E-state index contributed by atoms with van der Waals surface area (Å²) in [6.07, 6.45) is 24.1. The average Bonchev–Trinajstić information content (AvgIpc) is 2.75. The van der Waals surface area contributed by atoms with Gasteiger partial charge in [0.05, 0.1) is 6.61 Å². The molecule has 0 aliphatic heterocycles. The monoisotopic (exact) mass is 454 g/mol. The van der Waals surface area contributed by atoms with Gasteiger partial charge in [-0.1, -0.05) is 117 Å². The summed E-state index contributed by atoms with van der Waals surface area (Å²) in [6.45, 7) is 7.30. The van der Waals surface area contributed by atoms with Gasteiger partial charge in [0.15, 0.2) is 0 Å². The molecule has 0 aliphatic carbocycles. The third kappa shape index (κ3) is 18.5. The van der Waals surface area contributed by atoms with E-state index in [-0.39, 0.29) is 6.42 Å². The topological polar surface area (TPSA) is 81.4 Å². The molecule has 5 heteroatoms. The molecule has 0 radical (unpaired) electrons. The molecule has 0 spiro atoms. The van der Waals surface area contributed by atoms with Gasteiger partial charge in [-0.2, -0.15) is 0 Å². The van der Waals surface area contributed by atoms with Crippen LogP contribution in [-0.4, -0.2) is 18.4 Å². The fourth-order valence-corrected chi connectivity index (χ4v) is 4.65. The highest BCUT2D eigenvalue weighted by atomic mass is 16.6. The van der Waals surface area contributed by atoms with Crippen LogP contribution in [0.2, 0.25) is 0 Å². The van der Waals surface area contributed by atoms with Crippen molar-refractivity contribution in [2.45, 2.75) is 149 Å². The summed E-state index contributed by atoms with van der Waals surface area (Å²) in [7, 11) is 0. The molecule has 0 fully saturated rings. The first-order valence-electron chi connectivity index (χ1n) is 13.7. The number of unbranched alkanes of at least 4 members (excludes halogenated alkanes) is 12. The predicted molar refractivity (Wildman–Crippen MR) is 135 cm³/mol. The lowest BCUT2D eigenvalue weighted by atomic mass is 9.72. The zero-order chi connectivity index (χ0) is 23.9. The molecule has 32 heavy (non-hydrogen) atoms. The number of nitrogens with two attached hydrogens (primary N) is 1. The van der Waals surface area contributed by atoms with Gasteiger partial charge in [0.1, 0.15) is 6.42 Å². The number of hydroxylamine groups is 1. The summed E-state index contributed by atoms with van der Waals surface area (Å²) in [5.41, 5.74) is 7.78. The summed E-state index contributed by atoms with van der Waals surface area (Å²) in [4.78, 5) is 28.0. The van der Waals surface area contributed by atoms with Crippen LogP contribution in [0.1, 0.15) is 149 Å². The molecule has 0 atom stereocenters. The number of carbonyl (C=O) groups excluding carboxylic acids is 2. The smallest absolute Gasteiger partial charge is 0.252 e. The van der Waals surface area contributed by atoms with E-state index in [1.807, 2.05) is 0 Å². The van der Waals surface area contributed by atoms with E-state index in [2.05, 4.69) is 26.3 Å². The van der Waals surface area contributed by atoms with Crippen molar-refractivity contribution in [2.75, 3.05) is 6.61 Å². The summed E-state index contributed by atoms with van der Waals surface area (Å²) in [5.74, 6) is -1.09. The first-order chi connectivity index (χ1) is 15.5. The Morgan fingerprint density at radius 2 is 1.06 bits per heavy atom. The van der Waals surface area contributed by atoms with Crippen LogP contribution in [0, 0.1) is 5.41 Å². The Hall–Kier alpha value is -1.10. The number of amides is 2. The van der Waals surface area contributed by atoms with Crippen LogP contribution in [0.15, 0.2) is 0 Å². The van der Waals surface area contributed by atoms with Gasteiger partial charge in [-0.3, -0.25) is 14.4 Å². The van der Waals surface area contributed by atoms with Gasteiger partial charge in [-0.05, 0) is 31.1 Å². The van der Waals surface area contributed by atoms with Gasteiger partial charge >= 0.3 is 0 Å². The second-order valence-corrected chi connectivity index (χ2v) is 9.76. The van der Waals surface area contributed by atoms with E-state index in [1.54, 1.807) is 0 Å². The Bertz CT molecular complexity index is 438. The third-order valence-electron chi connectivity index (χ3n) is 6.69. The van der Waals surface area contributed by atoms with Crippen molar-refractivity contribution in [3.05, 3.63) is 0 Å². The Kier molecular flexibility index (Phi) is 21.0. The van der Waals surface area contributed by atoms with E-state index >= 15 is 0 Å². The molecule has 5 nitrogen and oxygen atoms in total. The first kappa shape index (κ1) is 30.9. The summed E-state index contributed by atoms with van der Waals surface area (Å²) < 4.78 is 0. The van der Waals surface area contributed by atoms with Crippen LogP contribution in [0.5, 0.6) is 0 Å². The minimum absolute atomic E-state index is 0.305. The number of hydrogen-bond donors (Lipinski definition) is 2. The van der Waals surface area contributed by atoms with Gasteiger partial charge in [0, 0.05) is 0 Å². The number of carbonyl (C=O) groups is 2. The zero-order valence-corrected chi connectivity index (χ0v) is 21.7. The molecular formula is C27H54N2O3. The van der Waals surface area contributed by atoms with Crippen LogP contribution in [-0.2, 0) is 14.4 Å². The van der Waals surface area contributed by atoms with Crippen LogP contribution in [0.4, 0.5) is 0 Å². The Labute approximate surface area is 199 Å². The molecule has 0 heterocycles. The highest BCUT2D eigenvalue weighted by Crippen LogP contribution is 2.40. The molecular weight excluding hydrogens is 400 g/mol. The lowest BCUT2D eigenvalue weighted by Gasteiger charge is -2.35. The molecule has 0 saturated carbocycles. The molecule has 190 valence electrons. The average molecular weight is 455 g/mol. The van der Waals surface area contributed by atoms with E-state index in [1.165, 1.54) is 116 Å². The molecule has 2 amide bonds. The quantitative estimate of drug-likeness (QED) is 0.0907. The van der Waals surface area contributed by atoms with Crippen molar-refractivity contribution in [3.8, 4) is 0 Å². The van der Waals surface area contributed by atoms with Crippen LogP contribution < -0.4 is 11.2 Å². The van der Waals surface area contributed by atoms with E-state index in [9.17, 15) is 9.59 Å². The Morgan fingerprint density at radius 1 is 0.656 bits per heavy atom. The number of rotatable bonds is 24. The lowest BCUT2D eigenvalue weighted by Crippen LogP contribution is -2.31. The maximum Gasteiger partial charge on any atom is 0.252 e. The fraction of sp³-hybridized carbons (Fsp3) is 0.926. The van der Waals surface area contributed by atoms with E-state index in [0.29, 0.717) is 12.0 Å². The summed E-state index contributed by atoms with van der Waals surface area (Å²) >= 11 is 0. The number of nitrogens with one attached hydrogen (secondary N) is 1. The molecule has 0 saturated heterocycles. The minimum Gasteiger partial charge on any atom is -0.369 e. The van der Waals surface area contributed by atoms with E-state index in [4.69, 9.17) is 10.6 Å². The van der Waals surface area contributed by atoms with Crippen LogP contribution in [0.3, 0.4) is 0 Å². The van der Waals surface area contributed by atoms with Crippen LogP contribution in [0.25, 0.3) is 0 Å². The highest BCUT2D eigenvalue weighted by Gasteiger charge is 2.28. The molecule has 3 N–H and O–H groups in total. The zero-order valence-electron chi connectivity index (χ0n) is 21.7. The third-order valence-corrected chi connectivity index (χ3v) is 6.69. The van der Waals surface area contributed by atoms with Crippen molar-refractivity contribution in [3.63, 3.8) is 0 Å². The normalized spacial score (nSPS) is 11.6. The van der Waals surface area contributed by atoms with Crippen molar-refractivity contribution in [1.29, 1.82) is 0 Å². The second-order valence-electron chi connectivity index (χ2n) is 9.76. The van der Waals surface area contributed by atoms with Gasteiger partial charge in [-0.15, -0.1) is 0 Å². The molecule has 0 bridgehead atoms. The van der Waals surface area contributed by atoms with Crippen molar-refractivity contribution < 1.29 is 14.4 Å². The molecule has 0 unspecified atom stereocenters. The van der Waals surface area contributed by atoms with Gasteiger partial charge in [-0.25, -0.2) is 5.48 Å². The molecule has 0 aliphatic rings. The minimum atomic E-state index is -0.633. The fourth-order valence-electron chi connectivity index (χ4n) is 4.65. The molecule has 0 rings (SSSR count). The summed E-state index contributed by atoms with van der Waals surface area (Å²) in [6, 6.07) is 0. The maximum absolute atomic E-state index is 11.6. The highest BCUT2D eigenvalue weighted by molar-refractivity contribution is 5.95. The van der Waals surface area contributed by atoms with Crippen molar-refractivity contribution in [1.82, 2.24) is 5.48 Å². The number of hydrogen-bond acceptors (Lipinski definition) is 3. The van der Waals surface area contributed by atoms with Crippen molar-refractivity contribution >= 4 is 11.8 Å². The standard InChI is InChI=1S/C27H54N2O3/c1-4-7-10-12-14-17-20-27(19-16-9-6-3,21-18-15-13-11-8-5-2)22-23-32-29-26(31)24-25(28)30/h4-24H2,1-3H3,(H2,28,30)(H,29,31). The Morgan fingerprint density at radius 3 is 1.53 bits per heavy atom. The van der Waals surface area contributed by atoms with E-state index in [0.717, 1.165) is 6.42 Å². The second kappa shape index (κ2) is 21.7. The number of primary amides is 1. The predicted octanol–water partition coefficient (Wildman–Crippen LogP) is 7.37. The summed E-state index contributed by atoms with van der Waals surface area (Å²) in [5, 5.41) is 0. The molecule has 0 aromatic rings. The van der Waals surface area contributed by atoms with Gasteiger partial charge in [0.2, 0.25) is 5.91 Å². The van der Waals surface area contributed by atoms with Gasteiger partial charge in [0.25, 0.3) is 5.91 Å². The largest absolute Gasteiger partial charge is 0.369 e. The van der Waals surface area contributed by atoms with Crippen molar-refractivity contribution in [2.24, 2.45) is 11.1 Å².